The maximum atomic E-state index is 12.6. The van der Waals surface area contributed by atoms with Gasteiger partial charge < -0.3 is 10.1 Å². The van der Waals surface area contributed by atoms with Crippen molar-refractivity contribution in [2.24, 2.45) is 0 Å². The molecule has 2 aliphatic rings. The molecule has 2 fully saturated rings. The fourth-order valence-electron chi connectivity index (χ4n) is 5.92. The zero-order valence-corrected chi connectivity index (χ0v) is 27.3. The highest BCUT2D eigenvalue weighted by atomic mass is 16.6. The Hall–Kier alpha value is -4.55. The third-order valence-corrected chi connectivity index (χ3v) is 8.55. The lowest BCUT2D eigenvalue weighted by atomic mass is 10.00. The van der Waals surface area contributed by atoms with Crippen molar-refractivity contribution in [1.29, 1.82) is 10.5 Å². The lowest BCUT2D eigenvalue weighted by Crippen LogP contribution is -2.42. The van der Waals surface area contributed by atoms with Gasteiger partial charge in [-0.1, -0.05) is 6.42 Å². The maximum Gasteiger partial charge on any atom is 0.410 e. The number of hydrogen-bond acceptors (Lipinski definition) is 9. The summed E-state index contributed by atoms with van der Waals surface area (Å²) < 4.78 is 8.83. The molecule has 0 unspecified atom stereocenters. The molecule has 0 radical (unpaired) electrons. The van der Waals surface area contributed by atoms with Crippen LogP contribution in [0.25, 0.3) is 11.3 Å². The standard InChI is InChI=1S/C19H25N5O2.C14H17N5/c1-12-13(2)21-17-10-14(22-24(17)16(12)11-20)15-8-6-7-9-23(15)18(25)26-19(3,4)5;1-9-10(2)17-14-7-12(11-5-3-4-6-16-11)18-19(14)13(9)8-15/h10,15H,6-9H2,1-5H3;7,11,16H,3-6H2,1-2H3/t15-;11-/m00/s1. The average molecular weight is 611 g/mol. The Morgan fingerprint density at radius 2 is 1.42 bits per heavy atom. The summed E-state index contributed by atoms with van der Waals surface area (Å²) in [5.41, 5.74) is 7.11. The second-order valence-corrected chi connectivity index (χ2v) is 12.9. The molecule has 0 aliphatic carbocycles. The van der Waals surface area contributed by atoms with E-state index in [1.807, 2.05) is 60.6 Å². The Kier molecular flexibility index (Phi) is 9.08. The molecule has 6 heterocycles. The Labute approximate surface area is 264 Å². The lowest BCUT2D eigenvalue weighted by molar-refractivity contribution is 0.00897. The van der Waals surface area contributed by atoms with Gasteiger partial charge in [0.05, 0.1) is 23.5 Å². The van der Waals surface area contributed by atoms with E-state index in [1.165, 1.54) is 12.8 Å². The van der Waals surface area contributed by atoms with E-state index in [2.05, 4.69) is 37.6 Å². The Morgan fingerprint density at radius 1 is 0.867 bits per heavy atom. The molecule has 12 nitrogen and oxygen atoms in total. The zero-order chi connectivity index (χ0) is 32.5. The molecular weight excluding hydrogens is 568 g/mol. The SMILES string of the molecule is Cc1nc2cc([C@@H]3CCCCN3)nn2c(C#N)c1C.Cc1nc2cc([C@@H]3CCCCN3C(=O)OC(C)(C)C)nn2c(C#N)c1C. The van der Waals surface area contributed by atoms with E-state index in [1.54, 1.807) is 13.9 Å². The minimum Gasteiger partial charge on any atom is -0.444 e. The van der Waals surface area contributed by atoms with E-state index < -0.39 is 5.60 Å². The van der Waals surface area contributed by atoms with Gasteiger partial charge in [-0.2, -0.15) is 20.7 Å². The Morgan fingerprint density at radius 3 is 1.96 bits per heavy atom. The van der Waals surface area contributed by atoms with Crippen LogP contribution in [0.4, 0.5) is 4.79 Å². The largest absolute Gasteiger partial charge is 0.444 e. The van der Waals surface area contributed by atoms with Crippen LogP contribution in [0, 0.1) is 50.4 Å². The molecule has 4 aromatic rings. The van der Waals surface area contributed by atoms with Gasteiger partial charge in [0.15, 0.2) is 11.3 Å². The van der Waals surface area contributed by atoms with Crippen LogP contribution < -0.4 is 5.32 Å². The molecular formula is C33H42N10O2. The molecule has 1 amide bonds. The number of ether oxygens (including phenoxy) is 1. The van der Waals surface area contributed by atoms with Gasteiger partial charge in [-0.15, -0.1) is 0 Å². The topological polar surface area (TPSA) is 150 Å². The molecule has 2 aliphatic heterocycles. The van der Waals surface area contributed by atoms with Crippen molar-refractivity contribution < 1.29 is 9.53 Å². The third kappa shape index (κ3) is 6.62. The summed E-state index contributed by atoms with van der Waals surface area (Å²) in [7, 11) is 0. The minimum absolute atomic E-state index is 0.160. The predicted molar refractivity (Wildman–Crippen MR) is 168 cm³/mol. The third-order valence-electron chi connectivity index (χ3n) is 8.55. The van der Waals surface area contributed by atoms with Crippen LogP contribution in [0.1, 0.15) is 117 Å². The number of rotatable bonds is 2. The van der Waals surface area contributed by atoms with E-state index in [4.69, 9.17) is 4.74 Å². The highest BCUT2D eigenvalue weighted by molar-refractivity contribution is 5.69. The summed E-state index contributed by atoms with van der Waals surface area (Å²) in [4.78, 5) is 23.5. The zero-order valence-electron chi connectivity index (χ0n) is 27.3. The molecule has 4 aromatic heterocycles. The Balaban J connectivity index is 0.000000186. The summed E-state index contributed by atoms with van der Waals surface area (Å²) in [6.45, 7) is 14.9. The van der Waals surface area contributed by atoms with Gasteiger partial charge in [0.2, 0.25) is 0 Å². The number of nitriles is 2. The molecule has 45 heavy (non-hydrogen) atoms. The van der Waals surface area contributed by atoms with Crippen molar-refractivity contribution in [3.05, 3.63) is 57.4 Å². The highest BCUT2D eigenvalue weighted by Gasteiger charge is 2.33. The fraction of sp³-hybridized carbons (Fsp3) is 0.545. The summed E-state index contributed by atoms with van der Waals surface area (Å²) in [6, 6.07) is 8.46. The van der Waals surface area contributed by atoms with E-state index in [0.717, 1.165) is 71.8 Å². The number of aryl methyl sites for hydroxylation is 2. The summed E-state index contributed by atoms with van der Waals surface area (Å²) in [6.07, 6.45) is 6.02. The van der Waals surface area contributed by atoms with Gasteiger partial charge in [-0.05, 0) is 87.1 Å². The first kappa shape index (κ1) is 31.9. The van der Waals surface area contributed by atoms with E-state index >= 15 is 0 Å². The number of nitrogens with zero attached hydrogens (tertiary/aromatic N) is 9. The van der Waals surface area contributed by atoms with E-state index in [-0.39, 0.29) is 12.1 Å². The van der Waals surface area contributed by atoms with Gasteiger partial charge >= 0.3 is 6.09 Å². The van der Waals surface area contributed by atoms with Crippen molar-refractivity contribution in [3.8, 4) is 12.1 Å². The second-order valence-electron chi connectivity index (χ2n) is 12.9. The lowest BCUT2D eigenvalue weighted by Gasteiger charge is -2.35. The smallest absolute Gasteiger partial charge is 0.410 e. The molecule has 6 rings (SSSR count). The average Bonchev–Trinajstić information content (AvgIpc) is 3.63. The molecule has 2 saturated heterocycles. The number of carbonyl (C=O) groups is 1. The van der Waals surface area contributed by atoms with Gasteiger partial charge in [0.25, 0.3) is 0 Å². The van der Waals surface area contributed by atoms with Crippen molar-refractivity contribution in [2.45, 2.75) is 105 Å². The predicted octanol–water partition coefficient (Wildman–Crippen LogP) is 5.71. The van der Waals surface area contributed by atoms with Gasteiger partial charge in [0.1, 0.15) is 29.1 Å². The number of amides is 1. The maximum absolute atomic E-state index is 12.6. The molecule has 1 N–H and O–H groups in total. The molecule has 0 spiro atoms. The number of likely N-dealkylation sites (tertiary alicyclic amines) is 1. The minimum atomic E-state index is -0.540. The van der Waals surface area contributed by atoms with Gasteiger partial charge in [0, 0.05) is 41.2 Å². The second kappa shape index (κ2) is 12.8. The molecule has 0 saturated carbocycles. The monoisotopic (exact) mass is 610 g/mol. The van der Waals surface area contributed by atoms with Crippen molar-refractivity contribution in [2.75, 3.05) is 13.1 Å². The molecule has 236 valence electrons. The van der Waals surface area contributed by atoms with Crippen molar-refractivity contribution in [1.82, 2.24) is 39.4 Å². The van der Waals surface area contributed by atoms with Crippen molar-refractivity contribution in [3.63, 3.8) is 0 Å². The van der Waals surface area contributed by atoms with Crippen LogP contribution in [0.5, 0.6) is 0 Å². The first-order valence-corrected chi connectivity index (χ1v) is 15.7. The molecule has 0 bridgehead atoms. The summed E-state index contributed by atoms with van der Waals surface area (Å²) in [5, 5.41) is 31.5. The summed E-state index contributed by atoms with van der Waals surface area (Å²) >= 11 is 0. The number of piperidine rings is 2. The van der Waals surface area contributed by atoms with E-state index in [9.17, 15) is 15.3 Å². The van der Waals surface area contributed by atoms with Crippen LogP contribution in [-0.2, 0) is 4.74 Å². The van der Waals surface area contributed by atoms with Crippen LogP contribution in [0.15, 0.2) is 12.1 Å². The quantitative estimate of drug-likeness (QED) is 0.301. The first-order chi connectivity index (χ1) is 21.4. The normalized spacial score (nSPS) is 18.6. The Bertz CT molecular complexity index is 1810. The fourth-order valence-corrected chi connectivity index (χ4v) is 5.92. The number of nitrogens with one attached hydrogen (secondary N) is 1. The number of hydrogen-bond donors (Lipinski definition) is 1. The van der Waals surface area contributed by atoms with Gasteiger partial charge in [-0.3, -0.25) is 4.90 Å². The number of carbonyl (C=O) groups excluding carboxylic acids is 1. The van der Waals surface area contributed by atoms with Crippen LogP contribution in [0.3, 0.4) is 0 Å². The van der Waals surface area contributed by atoms with Crippen LogP contribution >= 0.6 is 0 Å². The van der Waals surface area contributed by atoms with Crippen LogP contribution in [0.2, 0.25) is 0 Å². The highest BCUT2D eigenvalue weighted by Crippen LogP contribution is 2.32. The van der Waals surface area contributed by atoms with Crippen molar-refractivity contribution >= 4 is 17.4 Å². The molecule has 12 heteroatoms. The van der Waals surface area contributed by atoms with Gasteiger partial charge in [-0.25, -0.2) is 23.8 Å². The van der Waals surface area contributed by atoms with Crippen LogP contribution in [-0.4, -0.2) is 58.9 Å². The summed E-state index contributed by atoms with van der Waals surface area (Å²) in [5.74, 6) is 0. The first-order valence-electron chi connectivity index (χ1n) is 15.7. The number of aromatic nitrogens is 6. The molecule has 2 atom stereocenters. The van der Waals surface area contributed by atoms with E-state index in [0.29, 0.717) is 29.6 Å². The number of fused-ring (bicyclic) bond motifs is 2. The molecule has 0 aromatic carbocycles.